The molecule has 2 aromatic carbocycles. The second kappa shape index (κ2) is 8.74. The van der Waals surface area contributed by atoms with Crippen molar-refractivity contribution in [3.63, 3.8) is 0 Å². The first-order valence-corrected chi connectivity index (χ1v) is 10.7. The number of likely N-dealkylation sites (tertiary alicyclic amines) is 1. The summed E-state index contributed by atoms with van der Waals surface area (Å²) in [5, 5.41) is 4.49. The molecule has 156 valence electrons. The summed E-state index contributed by atoms with van der Waals surface area (Å²) in [5.41, 5.74) is 4.31. The van der Waals surface area contributed by atoms with Crippen LogP contribution in [0.25, 0.3) is 10.9 Å². The molecule has 1 fully saturated rings. The number of carbonyl (C=O) groups excluding carboxylic acids is 1. The quantitative estimate of drug-likeness (QED) is 0.606. The number of aryl methyl sites for hydroxylation is 1. The van der Waals surface area contributed by atoms with Crippen LogP contribution >= 0.6 is 0 Å². The summed E-state index contributed by atoms with van der Waals surface area (Å²) in [6.07, 6.45) is 2.10. The van der Waals surface area contributed by atoms with Gasteiger partial charge in [0.05, 0.1) is 17.8 Å². The van der Waals surface area contributed by atoms with Crippen LogP contribution in [-0.2, 0) is 0 Å². The van der Waals surface area contributed by atoms with E-state index in [0.29, 0.717) is 18.2 Å². The first-order chi connectivity index (χ1) is 14.5. The zero-order chi connectivity index (χ0) is 21.1. The van der Waals surface area contributed by atoms with Gasteiger partial charge in [-0.2, -0.15) is 0 Å². The Morgan fingerprint density at radius 2 is 1.87 bits per heavy atom. The van der Waals surface area contributed by atoms with Gasteiger partial charge >= 0.3 is 0 Å². The Labute approximate surface area is 178 Å². The number of nitrogens with one attached hydrogen (secondary N) is 1. The highest BCUT2D eigenvalue weighted by Gasteiger charge is 2.23. The van der Waals surface area contributed by atoms with E-state index in [1.54, 1.807) is 0 Å². The van der Waals surface area contributed by atoms with Gasteiger partial charge in [-0.05, 0) is 75.1 Å². The number of benzene rings is 2. The molecule has 0 unspecified atom stereocenters. The van der Waals surface area contributed by atoms with Gasteiger partial charge < -0.3 is 15.0 Å². The summed E-state index contributed by atoms with van der Waals surface area (Å²) in [5.74, 6) is 1.53. The minimum Gasteiger partial charge on any atom is -0.494 e. The Kier molecular flexibility index (Phi) is 5.88. The number of fused-ring (bicyclic) bond motifs is 1. The molecule has 1 aromatic heterocycles. The summed E-state index contributed by atoms with van der Waals surface area (Å²) in [6, 6.07) is 15.9. The third-order valence-electron chi connectivity index (χ3n) is 5.70. The van der Waals surface area contributed by atoms with E-state index in [4.69, 9.17) is 9.72 Å². The lowest BCUT2D eigenvalue weighted by Crippen LogP contribution is -2.38. The molecule has 1 saturated heterocycles. The average Bonchev–Trinajstić information content (AvgIpc) is 2.75. The van der Waals surface area contributed by atoms with Crippen LogP contribution in [0.2, 0.25) is 0 Å². The molecule has 2 heterocycles. The fourth-order valence-corrected chi connectivity index (χ4v) is 3.88. The van der Waals surface area contributed by atoms with E-state index >= 15 is 0 Å². The second-order valence-corrected chi connectivity index (χ2v) is 8.13. The Hall–Kier alpha value is -3.08. The molecular formula is C25H29N3O2. The van der Waals surface area contributed by atoms with Crippen LogP contribution in [0.1, 0.15) is 42.7 Å². The molecule has 0 atom stereocenters. The molecule has 1 aliphatic heterocycles. The number of hydrogen-bond donors (Lipinski definition) is 1. The Bertz CT molecular complexity index is 1040. The second-order valence-electron chi connectivity index (χ2n) is 8.13. The van der Waals surface area contributed by atoms with Crippen molar-refractivity contribution < 1.29 is 9.53 Å². The SMILES string of the molecule is CCOc1ccc(Nc2cc(C(=O)N3CCC(C)CC3)nc3ccc(C)cc23)cc1. The van der Waals surface area contributed by atoms with Crippen molar-refractivity contribution in [2.75, 3.05) is 25.0 Å². The Morgan fingerprint density at radius 1 is 1.13 bits per heavy atom. The van der Waals surface area contributed by atoms with E-state index in [2.05, 4.69) is 25.2 Å². The van der Waals surface area contributed by atoms with E-state index in [9.17, 15) is 4.79 Å². The fourth-order valence-electron chi connectivity index (χ4n) is 3.88. The van der Waals surface area contributed by atoms with Crippen LogP contribution in [0.5, 0.6) is 5.75 Å². The molecule has 0 aliphatic carbocycles. The smallest absolute Gasteiger partial charge is 0.272 e. The number of carbonyl (C=O) groups is 1. The van der Waals surface area contributed by atoms with E-state index in [0.717, 1.165) is 59.5 Å². The van der Waals surface area contributed by atoms with Gasteiger partial charge in [0.2, 0.25) is 0 Å². The summed E-state index contributed by atoms with van der Waals surface area (Å²) >= 11 is 0. The number of amides is 1. The highest BCUT2D eigenvalue weighted by Crippen LogP contribution is 2.29. The lowest BCUT2D eigenvalue weighted by molar-refractivity contribution is 0.0691. The number of hydrogen-bond acceptors (Lipinski definition) is 4. The van der Waals surface area contributed by atoms with Gasteiger partial charge in [0.1, 0.15) is 11.4 Å². The van der Waals surface area contributed by atoms with Gasteiger partial charge in [0.15, 0.2) is 0 Å². The number of pyridine rings is 1. The summed E-state index contributed by atoms with van der Waals surface area (Å²) in [7, 11) is 0. The maximum Gasteiger partial charge on any atom is 0.272 e. The van der Waals surface area contributed by atoms with E-state index < -0.39 is 0 Å². The van der Waals surface area contributed by atoms with Gasteiger partial charge in [0.25, 0.3) is 5.91 Å². The number of rotatable bonds is 5. The minimum atomic E-state index is 0.0131. The Balaban J connectivity index is 1.68. The first kappa shape index (κ1) is 20.2. The molecule has 0 radical (unpaired) electrons. The summed E-state index contributed by atoms with van der Waals surface area (Å²) in [4.78, 5) is 19.8. The van der Waals surface area contributed by atoms with Crippen LogP contribution in [0.15, 0.2) is 48.5 Å². The van der Waals surface area contributed by atoms with Crippen LogP contribution in [0.4, 0.5) is 11.4 Å². The van der Waals surface area contributed by atoms with Crippen LogP contribution in [0.3, 0.4) is 0 Å². The van der Waals surface area contributed by atoms with Gasteiger partial charge in [-0.1, -0.05) is 18.6 Å². The van der Waals surface area contributed by atoms with E-state index in [1.165, 1.54) is 0 Å². The van der Waals surface area contributed by atoms with Crippen molar-refractivity contribution in [1.29, 1.82) is 0 Å². The largest absolute Gasteiger partial charge is 0.494 e. The highest BCUT2D eigenvalue weighted by atomic mass is 16.5. The molecule has 1 N–H and O–H groups in total. The highest BCUT2D eigenvalue weighted by molar-refractivity contribution is 6.00. The van der Waals surface area contributed by atoms with E-state index in [-0.39, 0.29) is 5.91 Å². The van der Waals surface area contributed by atoms with Crippen LogP contribution < -0.4 is 10.1 Å². The van der Waals surface area contributed by atoms with Crippen molar-refractivity contribution in [3.8, 4) is 5.75 Å². The maximum atomic E-state index is 13.2. The monoisotopic (exact) mass is 403 g/mol. The number of piperidine rings is 1. The number of nitrogens with zero attached hydrogens (tertiary/aromatic N) is 2. The number of ether oxygens (including phenoxy) is 1. The molecule has 30 heavy (non-hydrogen) atoms. The molecule has 5 nitrogen and oxygen atoms in total. The van der Waals surface area contributed by atoms with Crippen LogP contribution in [0, 0.1) is 12.8 Å². The van der Waals surface area contributed by atoms with Crippen LogP contribution in [-0.4, -0.2) is 35.5 Å². The normalized spacial score (nSPS) is 14.7. The third-order valence-corrected chi connectivity index (χ3v) is 5.70. The van der Waals surface area contributed by atoms with Crippen molar-refractivity contribution >= 4 is 28.2 Å². The molecule has 4 rings (SSSR count). The van der Waals surface area contributed by atoms with Crippen molar-refractivity contribution in [2.45, 2.75) is 33.6 Å². The summed E-state index contributed by atoms with van der Waals surface area (Å²) < 4.78 is 5.53. The van der Waals surface area contributed by atoms with Gasteiger partial charge in [-0.3, -0.25) is 4.79 Å². The third kappa shape index (κ3) is 4.40. The van der Waals surface area contributed by atoms with E-state index in [1.807, 2.05) is 54.3 Å². The van der Waals surface area contributed by atoms with Crippen molar-refractivity contribution in [2.24, 2.45) is 5.92 Å². The average molecular weight is 404 g/mol. The molecular weight excluding hydrogens is 374 g/mol. The molecule has 5 heteroatoms. The van der Waals surface area contributed by atoms with Gasteiger partial charge in [-0.25, -0.2) is 4.98 Å². The van der Waals surface area contributed by atoms with Gasteiger partial charge in [-0.15, -0.1) is 0 Å². The predicted octanol–water partition coefficient (Wildman–Crippen LogP) is 5.56. The Morgan fingerprint density at radius 3 is 2.57 bits per heavy atom. The van der Waals surface area contributed by atoms with Gasteiger partial charge in [0, 0.05) is 24.2 Å². The summed E-state index contributed by atoms with van der Waals surface area (Å²) in [6.45, 7) is 8.52. The molecule has 0 saturated carbocycles. The molecule has 0 spiro atoms. The molecule has 1 amide bonds. The fraction of sp³-hybridized carbons (Fsp3) is 0.360. The number of anilines is 2. The zero-order valence-electron chi connectivity index (χ0n) is 17.9. The number of aromatic nitrogens is 1. The zero-order valence-corrected chi connectivity index (χ0v) is 17.9. The topological polar surface area (TPSA) is 54.5 Å². The molecule has 3 aromatic rings. The molecule has 0 bridgehead atoms. The van der Waals surface area contributed by atoms with Crippen molar-refractivity contribution in [1.82, 2.24) is 9.88 Å². The lowest BCUT2D eigenvalue weighted by atomic mass is 9.99. The molecule has 1 aliphatic rings. The lowest BCUT2D eigenvalue weighted by Gasteiger charge is -2.30. The van der Waals surface area contributed by atoms with Crippen molar-refractivity contribution in [3.05, 3.63) is 59.8 Å². The maximum absolute atomic E-state index is 13.2. The first-order valence-electron chi connectivity index (χ1n) is 10.7. The standard InChI is InChI=1S/C25H29N3O2/c1-4-30-20-8-6-19(7-9-20)26-23-16-24(25(29)28-13-11-17(2)12-14-28)27-22-10-5-18(3)15-21(22)23/h5-10,15-17H,4,11-14H2,1-3H3,(H,26,27). The predicted molar refractivity (Wildman–Crippen MR) is 122 cm³/mol. The minimum absolute atomic E-state index is 0.0131.